The molecule has 1 atom stereocenters. The third-order valence-electron chi connectivity index (χ3n) is 2.42. The standard InChI is InChI=1S/C12H11Br2N3/c1-15-12(9-5-16-7-17-6-9)8-2-10(13)4-11(14)3-8/h2-7,12,15H,1H3. The molecule has 0 saturated heterocycles. The van der Waals surface area contributed by atoms with Gasteiger partial charge in [-0.25, -0.2) is 9.97 Å². The van der Waals surface area contributed by atoms with Crippen molar-refractivity contribution >= 4 is 31.9 Å². The van der Waals surface area contributed by atoms with E-state index >= 15 is 0 Å². The van der Waals surface area contributed by atoms with Gasteiger partial charge in [-0.1, -0.05) is 31.9 Å². The Labute approximate surface area is 117 Å². The van der Waals surface area contributed by atoms with Crippen LogP contribution >= 0.6 is 31.9 Å². The highest BCUT2D eigenvalue weighted by Crippen LogP contribution is 2.27. The van der Waals surface area contributed by atoms with Crippen molar-refractivity contribution in [3.05, 3.63) is 57.0 Å². The van der Waals surface area contributed by atoms with E-state index in [1.807, 2.05) is 25.5 Å². The molecule has 17 heavy (non-hydrogen) atoms. The lowest BCUT2D eigenvalue weighted by molar-refractivity contribution is 0.684. The monoisotopic (exact) mass is 355 g/mol. The fourth-order valence-corrected chi connectivity index (χ4v) is 3.06. The maximum atomic E-state index is 4.05. The van der Waals surface area contributed by atoms with Gasteiger partial charge in [-0.3, -0.25) is 0 Å². The molecule has 88 valence electrons. The van der Waals surface area contributed by atoms with Gasteiger partial charge in [0.25, 0.3) is 0 Å². The van der Waals surface area contributed by atoms with E-state index < -0.39 is 0 Å². The van der Waals surface area contributed by atoms with Crippen LogP contribution in [-0.4, -0.2) is 17.0 Å². The van der Waals surface area contributed by atoms with E-state index in [2.05, 4.69) is 59.3 Å². The molecular weight excluding hydrogens is 346 g/mol. The van der Waals surface area contributed by atoms with Gasteiger partial charge in [0.15, 0.2) is 0 Å². The van der Waals surface area contributed by atoms with Crippen molar-refractivity contribution in [3.63, 3.8) is 0 Å². The Morgan fingerprint density at radius 1 is 1.00 bits per heavy atom. The maximum absolute atomic E-state index is 4.05. The molecule has 0 amide bonds. The Morgan fingerprint density at radius 2 is 1.59 bits per heavy atom. The second kappa shape index (κ2) is 5.71. The molecule has 0 fully saturated rings. The molecule has 0 aliphatic carbocycles. The second-order valence-electron chi connectivity index (χ2n) is 3.60. The van der Waals surface area contributed by atoms with Crippen molar-refractivity contribution in [2.75, 3.05) is 7.05 Å². The molecule has 0 spiro atoms. The van der Waals surface area contributed by atoms with E-state index in [0.29, 0.717) is 0 Å². The Kier molecular flexibility index (Phi) is 4.25. The lowest BCUT2D eigenvalue weighted by Gasteiger charge is -2.17. The predicted molar refractivity (Wildman–Crippen MR) is 74.8 cm³/mol. The summed E-state index contributed by atoms with van der Waals surface area (Å²) in [6, 6.07) is 6.26. The number of aromatic nitrogens is 2. The van der Waals surface area contributed by atoms with Gasteiger partial charge in [0.2, 0.25) is 0 Å². The van der Waals surface area contributed by atoms with Crippen LogP contribution in [0.3, 0.4) is 0 Å². The highest BCUT2D eigenvalue weighted by atomic mass is 79.9. The average Bonchev–Trinajstić information content (AvgIpc) is 2.30. The van der Waals surface area contributed by atoms with Crippen molar-refractivity contribution in [1.82, 2.24) is 15.3 Å². The largest absolute Gasteiger partial charge is 0.309 e. The quantitative estimate of drug-likeness (QED) is 0.916. The normalized spacial score (nSPS) is 12.4. The van der Waals surface area contributed by atoms with E-state index in [9.17, 15) is 0 Å². The van der Waals surface area contributed by atoms with Crippen LogP contribution in [0.2, 0.25) is 0 Å². The minimum absolute atomic E-state index is 0.0880. The molecular formula is C12H11Br2N3. The van der Waals surface area contributed by atoms with Gasteiger partial charge in [0, 0.05) is 26.9 Å². The molecule has 2 aromatic rings. The van der Waals surface area contributed by atoms with Crippen molar-refractivity contribution in [1.29, 1.82) is 0 Å². The molecule has 1 aromatic carbocycles. The van der Waals surface area contributed by atoms with E-state index in [4.69, 9.17) is 0 Å². The predicted octanol–water partition coefficient (Wildman–Crippen LogP) is 3.31. The van der Waals surface area contributed by atoms with E-state index in [-0.39, 0.29) is 6.04 Å². The molecule has 1 aromatic heterocycles. The van der Waals surface area contributed by atoms with Crippen molar-refractivity contribution in [2.45, 2.75) is 6.04 Å². The van der Waals surface area contributed by atoms with Crippen molar-refractivity contribution in [3.8, 4) is 0 Å². The maximum Gasteiger partial charge on any atom is 0.115 e. The molecule has 2 rings (SSSR count). The number of halogens is 2. The first-order valence-corrected chi connectivity index (χ1v) is 6.67. The molecule has 5 heteroatoms. The van der Waals surface area contributed by atoms with Crippen LogP contribution in [0.15, 0.2) is 45.9 Å². The number of benzene rings is 1. The summed E-state index contributed by atoms with van der Waals surface area (Å²) in [5, 5.41) is 3.27. The minimum Gasteiger partial charge on any atom is -0.309 e. The molecule has 0 saturated carbocycles. The Balaban J connectivity index is 2.42. The third kappa shape index (κ3) is 3.12. The van der Waals surface area contributed by atoms with Crippen LogP contribution < -0.4 is 5.32 Å². The number of hydrogen-bond acceptors (Lipinski definition) is 3. The third-order valence-corrected chi connectivity index (χ3v) is 3.34. The van der Waals surface area contributed by atoms with E-state index in [1.54, 1.807) is 0 Å². The molecule has 1 heterocycles. The van der Waals surface area contributed by atoms with Gasteiger partial charge in [-0.15, -0.1) is 0 Å². The molecule has 0 radical (unpaired) electrons. The highest BCUT2D eigenvalue weighted by Gasteiger charge is 2.13. The summed E-state index contributed by atoms with van der Waals surface area (Å²) in [5.41, 5.74) is 2.20. The highest BCUT2D eigenvalue weighted by molar-refractivity contribution is 9.11. The molecule has 1 N–H and O–H groups in total. The Morgan fingerprint density at radius 3 is 2.12 bits per heavy atom. The summed E-state index contributed by atoms with van der Waals surface area (Å²) < 4.78 is 2.08. The molecule has 1 unspecified atom stereocenters. The fourth-order valence-electron chi connectivity index (χ4n) is 1.73. The first-order chi connectivity index (χ1) is 8.20. The number of nitrogens with zero attached hydrogens (tertiary/aromatic N) is 2. The lowest BCUT2D eigenvalue weighted by atomic mass is 10.0. The van der Waals surface area contributed by atoms with Crippen LogP contribution in [0.4, 0.5) is 0 Å². The summed E-state index contributed by atoms with van der Waals surface area (Å²) in [6.07, 6.45) is 5.18. The zero-order valence-electron chi connectivity index (χ0n) is 9.19. The first kappa shape index (κ1) is 12.7. The average molecular weight is 357 g/mol. The van der Waals surface area contributed by atoms with Crippen LogP contribution in [0.5, 0.6) is 0 Å². The number of rotatable bonds is 3. The number of hydrogen-bond donors (Lipinski definition) is 1. The van der Waals surface area contributed by atoms with Gasteiger partial charge >= 0.3 is 0 Å². The Bertz CT molecular complexity index is 482. The van der Waals surface area contributed by atoms with Gasteiger partial charge in [-0.05, 0) is 30.8 Å². The molecule has 0 bridgehead atoms. The van der Waals surface area contributed by atoms with E-state index in [1.165, 1.54) is 6.33 Å². The van der Waals surface area contributed by atoms with E-state index in [0.717, 1.165) is 20.1 Å². The zero-order chi connectivity index (χ0) is 12.3. The first-order valence-electron chi connectivity index (χ1n) is 5.09. The van der Waals surface area contributed by atoms with Crippen molar-refractivity contribution < 1.29 is 0 Å². The van der Waals surface area contributed by atoms with Crippen molar-refractivity contribution in [2.24, 2.45) is 0 Å². The zero-order valence-corrected chi connectivity index (χ0v) is 12.4. The lowest BCUT2D eigenvalue weighted by Crippen LogP contribution is -2.18. The molecule has 0 aliphatic heterocycles. The second-order valence-corrected chi connectivity index (χ2v) is 5.43. The van der Waals surface area contributed by atoms with Crippen LogP contribution in [0.25, 0.3) is 0 Å². The van der Waals surface area contributed by atoms with Gasteiger partial charge in [0.1, 0.15) is 6.33 Å². The van der Waals surface area contributed by atoms with Gasteiger partial charge in [0.05, 0.1) is 6.04 Å². The summed E-state index contributed by atoms with van der Waals surface area (Å²) in [6.45, 7) is 0. The number of nitrogens with one attached hydrogen (secondary N) is 1. The molecule has 0 aliphatic rings. The topological polar surface area (TPSA) is 37.8 Å². The summed E-state index contributed by atoms with van der Waals surface area (Å²) in [4.78, 5) is 8.10. The van der Waals surface area contributed by atoms with Gasteiger partial charge in [-0.2, -0.15) is 0 Å². The fraction of sp³-hybridized carbons (Fsp3) is 0.167. The smallest absolute Gasteiger partial charge is 0.115 e. The van der Waals surface area contributed by atoms with Crippen LogP contribution in [0, 0.1) is 0 Å². The minimum atomic E-state index is 0.0880. The van der Waals surface area contributed by atoms with Gasteiger partial charge < -0.3 is 5.32 Å². The van der Waals surface area contributed by atoms with Crippen LogP contribution in [0.1, 0.15) is 17.2 Å². The summed E-state index contributed by atoms with van der Waals surface area (Å²) >= 11 is 6.99. The molecule has 3 nitrogen and oxygen atoms in total. The summed E-state index contributed by atoms with van der Waals surface area (Å²) in [7, 11) is 1.92. The summed E-state index contributed by atoms with van der Waals surface area (Å²) in [5.74, 6) is 0. The van der Waals surface area contributed by atoms with Crippen LogP contribution in [-0.2, 0) is 0 Å². The Hall–Kier alpha value is -0.780. The SMILES string of the molecule is CNC(c1cncnc1)c1cc(Br)cc(Br)c1.